The Bertz CT molecular complexity index is 484. The van der Waals surface area contributed by atoms with Crippen LogP contribution < -0.4 is 5.32 Å². The number of hydrogen-bond acceptors (Lipinski definition) is 2. The molecule has 0 aliphatic heterocycles. The first-order chi connectivity index (χ1) is 8.20. The SMILES string of the molecule is CNC(Cc1ccsc1)c1ccc(Cl)cc1F. The molecule has 1 aromatic carbocycles. The van der Waals surface area contributed by atoms with Crippen LogP contribution in [-0.4, -0.2) is 7.05 Å². The predicted molar refractivity (Wildman–Crippen MR) is 71.2 cm³/mol. The Morgan fingerprint density at radius 2 is 2.24 bits per heavy atom. The Hall–Kier alpha value is -0.900. The number of benzene rings is 1. The third-order valence-electron chi connectivity index (χ3n) is 2.71. The van der Waals surface area contributed by atoms with Gasteiger partial charge in [0.15, 0.2) is 0 Å². The molecule has 0 spiro atoms. The first-order valence-corrected chi connectivity index (χ1v) is 6.66. The van der Waals surface area contributed by atoms with E-state index < -0.39 is 0 Å². The van der Waals surface area contributed by atoms with Crippen LogP contribution in [-0.2, 0) is 6.42 Å². The average Bonchev–Trinajstić information content (AvgIpc) is 2.79. The molecule has 0 aliphatic carbocycles. The fraction of sp³-hybridized carbons (Fsp3) is 0.231. The summed E-state index contributed by atoms with van der Waals surface area (Å²) >= 11 is 7.40. The quantitative estimate of drug-likeness (QED) is 0.883. The molecule has 1 nitrogen and oxygen atoms in total. The summed E-state index contributed by atoms with van der Waals surface area (Å²) in [6, 6.07) is 6.85. The number of likely N-dealkylation sites (N-methyl/N-ethyl adjacent to an activating group) is 1. The number of nitrogens with one attached hydrogen (secondary N) is 1. The Kier molecular flexibility index (Phi) is 4.15. The topological polar surface area (TPSA) is 12.0 Å². The van der Waals surface area contributed by atoms with Crippen molar-refractivity contribution in [1.82, 2.24) is 5.32 Å². The summed E-state index contributed by atoms with van der Waals surface area (Å²) < 4.78 is 13.8. The van der Waals surface area contributed by atoms with Crippen LogP contribution in [0.3, 0.4) is 0 Å². The minimum Gasteiger partial charge on any atom is -0.313 e. The van der Waals surface area contributed by atoms with Crippen molar-refractivity contribution in [3.05, 3.63) is 57.0 Å². The van der Waals surface area contributed by atoms with E-state index in [1.54, 1.807) is 23.5 Å². The van der Waals surface area contributed by atoms with E-state index in [4.69, 9.17) is 11.6 Å². The van der Waals surface area contributed by atoms with Gasteiger partial charge in [0.1, 0.15) is 5.82 Å². The molecular weight excluding hydrogens is 257 g/mol. The molecule has 17 heavy (non-hydrogen) atoms. The van der Waals surface area contributed by atoms with Gasteiger partial charge in [0.25, 0.3) is 0 Å². The minimum atomic E-state index is -0.257. The van der Waals surface area contributed by atoms with Crippen molar-refractivity contribution in [3.63, 3.8) is 0 Å². The predicted octanol–water partition coefficient (Wildman–Crippen LogP) is 4.04. The van der Waals surface area contributed by atoms with Gasteiger partial charge in [0, 0.05) is 16.6 Å². The van der Waals surface area contributed by atoms with E-state index in [2.05, 4.69) is 16.8 Å². The summed E-state index contributed by atoms with van der Waals surface area (Å²) in [6.07, 6.45) is 0.776. The fourth-order valence-corrected chi connectivity index (χ4v) is 2.64. The first-order valence-electron chi connectivity index (χ1n) is 5.34. The van der Waals surface area contributed by atoms with Crippen LogP contribution in [0.5, 0.6) is 0 Å². The summed E-state index contributed by atoms with van der Waals surface area (Å²) in [5.41, 5.74) is 1.87. The van der Waals surface area contributed by atoms with Crippen LogP contribution in [0.2, 0.25) is 5.02 Å². The molecule has 1 unspecified atom stereocenters. The van der Waals surface area contributed by atoms with Gasteiger partial charge in [0.05, 0.1) is 0 Å². The van der Waals surface area contributed by atoms with E-state index in [9.17, 15) is 4.39 Å². The number of rotatable bonds is 4. The molecule has 1 atom stereocenters. The van der Waals surface area contributed by atoms with Crippen LogP contribution in [0.15, 0.2) is 35.0 Å². The maximum absolute atomic E-state index is 13.8. The van der Waals surface area contributed by atoms with Gasteiger partial charge >= 0.3 is 0 Å². The molecule has 4 heteroatoms. The fourth-order valence-electron chi connectivity index (χ4n) is 1.80. The van der Waals surface area contributed by atoms with Gasteiger partial charge in [-0.2, -0.15) is 11.3 Å². The molecule has 2 rings (SSSR count). The highest BCUT2D eigenvalue weighted by Gasteiger charge is 2.14. The Morgan fingerprint density at radius 3 is 2.82 bits per heavy atom. The summed E-state index contributed by atoms with van der Waals surface area (Å²) in [7, 11) is 1.84. The van der Waals surface area contributed by atoms with Gasteiger partial charge in [-0.05, 0) is 48.0 Å². The van der Waals surface area contributed by atoms with Gasteiger partial charge in [-0.3, -0.25) is 0 Å². The molecule has 2 aromatic rings. The molecule has 0 aliphatic rings. The third kappa shape index (κ3) is 3.06. The molecule has 90 valence electrons. The highest BCUT2D eigenvalue weighted by Crippen LogP contribution is 2.24. The van der Waals surface area contributed by atoms with Crippen molar-refractivity contribution in [2.45, 2.75) is 12.5 Å². The van der Waals surface area contributed by atoms with Crippen LogP contribution >= 0.6 is 22.9 Å². The van der Waals surface area contributed by atoms with Crippen molar-refractivity contribution in [2.24, 2.45) is 0 Å². The maximum atomic E-state index is 13.8. The second-order valence-corrected chi connectivity index (χ2v) is 5.06. The third-order valence-corrected chi connectivity index (χ3v) is 3.67. The number of halogens is 2. The Balaban J connectivity index is 2.23. The van der Waals surface area contributed by atoms with Gasteiger partial charge in [-0.1, -0.05) is 17.7 Å². The van der Waals surface area contributed by atoms with Crippen molar-refractivity contribution in [3.8, 4) is 0 Å². The van der Waals surface area contributed by atoms with E-state index >= 15 is 0 Å². The first kappa shape index (κ1) is 12.6. The lowest BCUT2D eigenvalue weighted by molar-refractivity contribution is 0.534. The summed E-state index contributed by atoms with van der Waals surface area (Å²) in [4.78, 5) is 0. The van der Waals surface area contributed by atoms with E-state index in [-0.39, 0.29) is 11.9 Å². The molecule has 1 aromatic heterocycles. The molecule has 0 fully saturated rings. The highest BCUT2D eigenvalue weighted by molar-refractivity contribution is 7.07. The van der Waals surface area contributed by atoms with Crippen LogP contribution in [0.25, 0.3) is 0 Å². The second-order valence-electron chi connectivity index (χ2n) is 3.84. The molecule has 1 heterocycles. The van der Waals surface area contributed by atoms with Crippen LogP contribution in [0, 0.1) is 5.82 Å². The summed E-state index contributed by atoms with van der Waals surface area (Å²) in [5.74, 6) is -0.257. The lowest BCUT2D eigenvalue weighted by atomic mass is 10.0. The molecule has 0 radical (unpaired) electrons. The second kappa shape index (κ2) is 5.63. The zero-order chi connectivity index (χ0) is 12.3. The zero-order valence-corrected chi connectivity index (χ0v) is 11.0. The standard InChI is InChI=1S/C13H13ClFNS/c1-16-13(6-9-4-5-17-8-9)11-3-2-10(14)7-12(11)15/h2-5,7-8,13,16H,6H2,1H3. The maximum Gasteiger partial charge on any atom is 0.129 e. The summed E-state index contributed by atoms with van der Waals surface area (Å²) in [6.45, 7) is 0. The van der Waals surface area contributed by atoms with Gasteiger partial charge < -0.3 is 5.32 Å². The summed E-state index contributed by atoms with van der Waals surface area (Å²) in [5, 5.41) is 7.68. The Morgan fingerprint density at radius 1 is 1.41 bits per heavy atom. The van der Waals surface area contributed by atoms with Crippen molar-refractivity contribution < 1.29 is 4.39 Å². The molecule has 0 bridgehead atoms. The monoisotopic (exact) mass is 269 g/mol. The number of thiophene rings is 1. The lowest BCUT2D eigenvalue weighted by Crippen LogP contribution is -2.19. The molecule has 1 N–H and O–H groups in total. The average molecular weight is 270 g/mol. The molecule has 0 amide bonds. The minimum absolute atomic E-state index is 0.0260. The zero-order valence-electron chi connectivity index (χ0n) is 9.41. The van der Waals surface area contributed by atoms with E-state index in [1.807, 2.05) is 12.4 Å². The molecule has 0 saturated carbocycles. The van der Waals surface area contributed by atoms with Crippen molar-refractivity contribution in [2.75, 3.05) is 7.05 Å². The Labute approximate surface area is 109 Å². The van der Waals surface area contributed by atoms with E-state index in [0.29, 0.717) is 10.6 Å². The van der Waals surface area contributed by atoms with Gasteiger partial charge in [-0.15, -0.1) is 0 Å². The molecule has 0 saturated heterocycles. The van der Waals surface area contributed by atoms with E-state index in [0.717, 1.165) is 6.42 Å². The van der Waals surface area contributed by atoms with Crippen molar-refractivity contribution >= 4 is 22.9 Å². The molecular formula is C13H13ClFNS. The highest BCUT2D eigenvalue weighted by atomic mass is 35.5. The normalized spacial score (nSPS) is 12.6. The number of hydrogen-bond donors (Lipinski definition) is 1. The van der Waals surface area contributed by atoms with Crippen LogP contribution in [0.1, 0.15) is 17.2 Å². The van der Waals surface area contributed by atoms with Gasteiger partial charge in [-0.25, -0.2) is 4.39 Å². The lowest BCUT2D eigenvalue weighted by Gasteiger charge is -2.16. The van der Waals surface area contributed by atoms with Crippen LogP contribution in [0.4, 0.5) is 4.39 Å². The van der Waals surface area contributed by atoms with Gasteiger partial charge in [0.2, 0.25) is 0 Å². The van der Waals surface area contributed by atoms with E-state index in [1.165, 1.54) is 11.6 Å². The smallest absolute Gasteiger partial charge is 0.129 e. The van der Waals surface area contributed by atoms with Crippen molar-refractivity contribution in [1.29, 1.82) is 0 Å². The largest absolute Gasteiger partial charge is 0.313 e.